The molecule has 1 aromatic rings. The van der Waals surface area contributed by atoms with Crippen molar-refractivity contribution in [1.29, 1.82) is 0 Å². The fourth-order valence-electron chi connectivity index (χ4n) is 0.988. The first-order chi connectivity index (χ1) is 6.36. The largest absolute Gasteiger partial charge is 0.423 e. The molecular formula is C8H15N3O2. The second-order valence-corrected chi connectivity index (χ2v) is 2.73. The molecule has 0 aliphatic rings. The van der Waals surface area contributed by atoms with Crippen molar-refractivity contribution in [2.45, 2.75) is 19.4 Å². The molecule has 1 N–H and O–H groups in total. The van der Waals surface area contributed by atoms with Crippen LogP contribution in [-0.2, 0) is 17.8 Å². The minimum absolute atomic E-state index is 0.388. The molecule has 0 aliphatic heterocycles. The number of rotatable bonds is 6. The van der Waals surface area contributed by atoms with Gasteiger partial charge in [-0.1, -0.05) is 0 Å². The van der Waals surface area contributed by atoms with Crippen molar-refractivity contribution in [3.63, 3.8) is 0 Å². The second kappa shape index (κ2) is 5.66. The summed E-state index contributed by atoms with van der Waals surface area (Å²) in [7, 11) is 3.52. The van der Waals surface area contributed by atoms with Crippen LogP contribution in [0.4, 0.5) is 0 Å². The highest BCUT2D eigenvalue weighted by molar-refractivity contribution is 4.80. The number of aromatic nitrogens is 2. The Morgan fingerprint density at radius 2 is 2.15 bits per heavy atom. The SMILES string of the molecule is CNCCCc1nnc(COC)o1. The van der Waals surface area contributed by atoms with E-state index in [1.165, 1.54) is 0 Å². The summed E-state index contributed by atoms with van der Waals surface area (Å²) in [6.07, 6.45) is 1.82. The van der Waals surface area contributed by atoms with Crippen molar-refractivity contribution >= 4 is 0 Å². The maximum absolute atomic E-state index is 5.30. The summed E-state index contributed by atoms with van der Waals surface area (Å²) in [5.41, 5.74) is 0. The Hall–Kier alpha value is -0.940. The van der Waals surface area contributed by atoms with Crippen LogP contribution in [0.1, 0.15) is 18.2 Å². The summed E-state index contributed by atoms with van der Waals surface area (Å²) < 4.78 is 10.2. The van der Waals surface area contributed by atoms with Crippen LogP contribution in [0.3, 0.4) is 0 Å². The molecule has 1 heterocycles. The monoisotopic (exact) mass is 185 g/mol. The lowest BCUT2D eigenvalue weighted by Gasteiger charge is -1.94. The second-order valence-electron chi connectivity index (χ2n) is 2.73. The summed E-state index contributed by atoms with van der Waals surface area (Å²) in [5, 5.41) is 10.8. The van der Waals surface area contributed by atoms with E-state index in [4.69, 9.17) is 9.15 Å². The van der Waals surface area contributed by atoms with E-state index in [1.807, 2.05) is 7.05 Å². The van der Waals surface area contributed by atoms with E-state index < -0.39 is 0 Å². The average molecular weight is 185 g/mol. The van der Waals surface area contributed by atoms with Gasteiger partial charge in [0.25, 0.3) is 0 Å². The number of aryl methyl sites for hydroxylation is 1. The van der Waals surface area contributed by atoms with Gasteiger partial charge in [-0.05, 0) is 20.0 Å². The number of hydrogen-bond acceptors (Lipinski definition) is 5. The first kappa shape index (κ1) is 10.1. The van der Waals surface area contributed by atoms with E-state index >= 15 is 0 Å². The van der Waals surface area contributed by atoms with Crippen molar-refractivity contribution in [2.75, 3.05) is 20.7 Å². The van der Waals surface area contributed by atoms with E-state index in [0.29, 0.717) is 18.4 Å². The molecule has 0 spiro atoms. The molecule has 5 nitrogen and oxygen atoms in total. The maximum atomic E-state index is 5.30. The van der Waals surface area contributed by atoms with Gasteiger partial charge in [0.05, 0.1) is 0 Å². The molecule has 0 bridgehead atoms. The normalized spacial score (nSPS) is 10.6. The molecule has 1 aromatic heterocycles. The van der Waals surface area contributed by atoms with Crippen molar-refractivity contribution in [1.82, 2.24) is 15.5 Å². The Kier molecular flexibility index (Phi) is 4.42. The lowest BCUT2D eigenvalue weighted by Crippen LogP contribution is -2.08. The number of ether oxygens (including phenoxy) is 1. The molecule has 0 amide bonds. The summed E-state index contributed by atoms with van der Waals surface area (Å²) in [6.45, 7) is 1.35. The first-order valence-corrected chi connectivity index (χ1v) is 4.31. The molecule has 0 aromatic carbocycles. The minimum atomic E-state index is 0.388. The zero-order valence-corrected chi connectivity index (χ0v) is 8.04. The van der Waals surface area contributed by atoms with Crippen LogP contribution in [-0.4, -0.2) is 30.9 Å². The van der Waals surface area contributed by atoms with Crippen molar-refractivity contribution in [3.05, 3.63) is 11.8 Å². The third kappa shape index (κ3) is 3.52. The van der Waals surface area contributed by atoms with Gasteiger partial charge in [0.2, 0.25) is 11.8 Å². The zero-order chi connectivity index (χ0) is 9.52. The van der Waals surface area contributed by atoms with Gasteiger partial charge in [-0.2, -0.15) is 0 Å². The maximum Gasteiger partial charge on any atom is 0.242 e. The van der Waals surface area contributed by atoms with E-state index in [1.54, 1.807) is 7.11 Å². The smallest absolute Gasteiger partial charge is 0.242 e. The van der Waals surface area contributed by atoms with Gasteiger partial charge in [-0.3, -0.25) is 0 Å². The van der Waals surface area contributed by atoms with Crippen molar-refractivity contribution in [3.8, 4) is 0 Å². The Bertz CT molecular complexity index is 237. The fourth-order valence-corrected chi connectivity index (χ4v) is 0.988. The van der Waals surface area contributed by atoms with Gasteiger partial charge < -0.3 is 14.5 Å². The molecule has 0 fully saturated rings. The Morgan fingerprint density at radius 1 is 1.38 bits per heavy atom. The fraction of sp³-hybridized carbons (Fsp3) is 0.750. The zero-order valence-electron chi connectivity index (χ0n) is 8.04. The highest BCUT2D eigenvalue weighted by atomic mass is 16.5. The summed E-state index contributed by atoms with van der Waals surface area (Å²) in [4.78, 5) is 0. The minimum Gasteiger partial charge on any atom is -0.423 e. The Morgan fingerprint density at radius 3 is 2.85 bits per heavy atom. The molecule has 0 atom stereocenters. The molecule has 1 rings (SSSR count). The molecule has 0 radical (unpaired) electrons. The third-order valence-corrected chi connectivity index (χ3v) is 1.59. The van der Waals surface area contributed by atoms with Crippen molar-refractivity contribution in [2.24, 2.45) is 0 Å². The van der Waals surface area contributed by atoms with Crippen LogP contribution >= 0.6 is 0 Å². The number of methoxy groups -OCH3 is 1. The number of hydrogen-bond donors (Lipinski definition) is 1. The lowest BCUT2D eigenvalue weighted by molar-refractivity contribution is 0.158. The van der Waals surface area contributed by atoms with Gasteiger partial charge in [0.15, 0.2) is 0 Å². The van der Waals surface area contributed by atoms with Gasteiger partial charge in [-0.15, -0.1) is 10.2 Å². The molecule has 13 heavy (non-hydrogen) atoms. The predicted molar refractivity (Wildman–Crippen MR) is 47.3 cm³/mol. The first-order valence-electron chi connectivity index (χ1n) is 4.31. The third-order valence-electron chi connectivity index (χ3n) is 1.59. The van der Waals surface area contributed by atoms with Gasteiger partial charge in [0.1, 0.15) is 6.61 Å². The van der Waals surface area contributed by atoms with Crippen molar-refractivity contribution < 1.29 is 9.15 Å². The van der Waals surface area contributed by atoms with E-state index in [2.05, 4.69) is 15.5 Å². The highest BCUT2D eigenvalue weighted by Gasteiger charge is 2.04. The molecular weight excluding hydrogens is 170 g/mol. The predicted octanol–water partition coefficient (Wildman–Crippen LogP) is 0.368. The summed E-state index contributed by atoms with van der Waals surface area (Å²) in [5.74, 6) is 1.23. The molecule has 74 valence electrons. The molecule has 0 saturated heterocycles. The number of nitrogens with zero attached hydrogens (tertiary/aromatic N) is 2. The number of nitrogens with one attached hydrogen (secondary N) is 1. The molecule has 5 heteroatoms. The Labute approximate surface area is 77.5 Å². The highest BCUT2D eigenvalue weighted by Crippen LogP contribution is 2.02. The lowest BCUT2D eigenvalue weighted by atomic mass is 10.3. The van der Waals surface area contributed by atoms with Crippen LogP contribution in [0.2, 0.25) is 0 Å². The van der Waals surface area contributed by atoms with Crippen LogP contribution < -0.4 is 5.32 Å². The van der Waals surface area contributed by atoms with Gasteiger partial charge in [0, 0.05) is 13.5 Å². The molecule has 0 aliphatic carbocycles. The van der Waals surface area contributed by atoms with E-state index in [0.717, 1.165) is 19.4 Å². The quantitative estimate of drug-likeness (QED) is 0.649. The average Bonchev–Trinajstić information content (AvgIpc) is 2.54. The molecule has 0 unspecified atom stereocenters. The summed E-state index contributed by atoms with van der Waals surface area (Å²) >= 11 is 0. The summed E-state index contributed by atoms with van der Waals surface area (Å²) in [6, 6.07) is 0. The van der Waals surface area contributed by atoms with E-state index in [9.17, 15) is 0 Å². The Balaban J connectivity index is 2.31. The van der Waals surface area contributed by atoms with Gasteiger partial charge >= 0.3 is 0 Å². The van der Waals surface area contributed by atoms with Crippen LogP contribution in [0.5, 0.6) is 0 Å². The van der Waals surface area contributed by atoms with Crippen LogP contribution in [0.15, 0.2) is 4.42 Å². The standard InChI is InChI=1S/C8H15N3O2/c1-9-5-3-4-7-10-11-8(13-7)6-12-2/h9H,3-6H2,1-2H3. The van der Waals surface area contributed by atoms with Crippen LogP contribution in [0.25, 0.3) is 0 Å². The van der Waals surface area contributed by atoms with Gasteiger partial charge in [-0.25, -0.2) is 0 Å². The topological polar surface area (TPSA) is 60.2 Å². The molecule has 0 saturated carbocycles. The van der Waals surface area contributed by atoms with Crippen LogP contribution in [0, 0.1) is 0 Å². The van der Waals surface area contributed by atoms with E-state index in [-0.39, 0.29) is 0 Å².